The molecule has 0 aliphatic rings. The molecule has 0 atom stereocenters. The molecule has 0 saturated heterocycles. The fourth-order valence-corrected chi connectivity index (χ4v) is 2.82. The van der Waals surface area contributed by atoms with E-state index in [-0.39, 0.29) is 31.2 Å². The molecule has 3 aromatic rings. The van der Waals surface area contributed by atoms with E-state index in [1.54, 1.807) is 30.6 Å². The van der Waals surface area contributed by atoms with Gasteiger partial charge in [-0.05, 0) is 18.6 Å². The van der Waals surface area contributed by atoms with Crippen molar-refractivity contribution < 1.29 is 14.3 Å². The molecule has 2 heterocycles. The summed E-state index contributed by atoms with van der Waals surface area (Å²) in [6.45, 7) is 0.837. The first kappa shape index (κ1) is 19.0. The second kappa shape index (κ2) is 8.72. The molecule has 0 unspecified atom stereocenters. The number of benzene rings is 1. The van der Waals surface area contributed by atoms with Crippen LogP contribution in [0.1, 0.15) is 29.6 Å². The lowest BCUT2D eigenvalue weighted by Gasteiger charge is -2.06. The highest BCUT2D eigenvalue weighted by Crippen LogP contribution is 2.15. The number of nitrogen functional groups attached to an aromatic ring is 1. The number of nitrogens with two attached hydrogens (primary N) is 1. The monoisotopic (exact) mass is 431 g/mol. The van der Waals surface area contributed by atoms with Crippen LogP contribution in [0.3, 0.4) is 0 Å². The summed E-state index contributed by atoms with van der Waals surface area (Å²) in [6.07, 6.45) is 3.81. The number of aryl methyl sites for hydroxylation is 1. The molecule has 8 nitrogen and oxygen atoms in total. The molecule has 0 radical (unpaired) electrons. The van der Waals surface area contributed by atoms with Gasteiger partial charge in [0.05, 0.1) is 19.4 Å². The fourth-order valence-electron chi connectivity index (χ4n) is 2.55. The van der Waals surface area contributed by atoms with Gasteiger partial charge in [0.25, 0.3) is 0 Å². The molecule has 0 saturated carbocycles. The van der Waals surface area contributed by atoms with Crippen molar-refractivity contribution in [2.45, 2.75) is 25.8 Å². The van der Waals surface area contributed by atoms with E-state index in [0.717, 1.165) is 4.47 Å². The molecule has 140 valence electrons. The van der Waals surface area contributed by atoms with E-state index in [4.69, 9.17) is 10.5 Å². The van der Waals surface area contributed by atoms with Gasteiger partial charge < -0.3 is 15.0 Å². The van der Waals surface area contributed by atoms with E-state index in [0.29, 0.717) is 35.5 Å². The zero-order valence-electron chi connectivity index (χ0n) is 14.5. The van der Waals surface area contributed by atoms with E-state index < -0.39 is 0 Å². The number of hydrogen-bond donors (Lipinski definition) is 1. The minimum atomic E-state index is -0.387. The van der Waals surface area contributed by atoms with Gasteiger partial charge in [-0.3, -0.25) is 9.59 Å². The van der Waals surface area contributed by atoms with Crippen molar-refractivity contribution in [1.82, 2.24) is 19.5 Å². The topological polar surface area (TPSA) is 113 Å². The average Bonchev–Trinajstić information content (AvgIpc) is 3.08. The maximum atomic E-state index is 12.0. The minimum absolute atomic E-state index is 0.0622. The summed E-state index contributed by atoms with van der Waals surface area (Å²) in [5.41, 5.74) is 7.53. The number of aromatic nitrogens is 4. The lowest BCUT2D eigenvalue weighted by atomic mass is 10.1. The Hall–Kier alpha value is -2.81. The molecule has 0 aliphatic carbocycles. The maximum Gasteiger partial charge on any atom is 0.306 e. The highest BCUT2D eigenvalue weighted by Gasteiger charge is 2.11. The Morgan fingerprint density at radius 1 is 1.11 bits per heavy atom. The van der Waals surface area contributed by atoms with Gasteiger partial charge in [0, 0.05) is 23.0 Å². The Kier molecular flexibility index (Phi) is 6.12. The number of Topliss-reactive ketones (excluding diaryl/α,β-unsaturated/α-hetero) is 1. The van der Waals surface area contributed by atoms with Gasteiger partial charge in [0.1, 0.15) is 11.8 Å². The van der Waals surface area contributed by atoms with Gasteiger partial charge in [-0.25, -0.2) is 15.0 Å². The Morgan fingerprint density at radius 3 is 2.67 bits per heavy atom. The Bertz CT molecular complexity index is 955. The van der Waals surface area contributed by atoms with Crippen LogP contribution in [0.15, 0.2) is 41.4 Å². The summed E-state index contributed by atoms with van der Waals surface area (Å²) >= 11 is 3.32. The number of ether oxygens (including phenoxy) is 1. The number of rotatable bonds is 8. The molecule has 0 spiro atoms. The SMILES string of the molecule is Nc1ncnc2c1ncn2CCCOC(=O)CCC(=O)c1ccc(Br)cc1. The second-order valence-corrected chi connectivity index (χ2v) is 6.79. The van der Waals surface area contributed by atoms with Crippen molar-refractivity contribution in [1.29, 1.82) is 0 Å². The van der Waals surface area contributed by atoms with Gasteiger partial charge in [-0.2, -0.15) is 0 Å². The van der Waals surface area contributed by atoms with Crippen LogP contribution in [-0.2, 0) is 16.1 Å². The van der Waals surface area contributed by atoms with Crippen LogP contribution < -0.4 is 5.73 Å². The van der Waals surface area contributed by atoms with E-state index in [9.17, 15) is 9.59 Å². The van der Waals surface area contributed by atoms with Crippen molar-refractivity contribution >= 4 is 44.7 Å². The zero-order chi connectivity index (χ0) is 19.2. The molecule has 27 heavy (non-hydrogen) atoms. The molecule has 9 heteroatoms. The minimum Gasteiger partial charge on any atom is -0.466 e. The number of hydrogen-bond acceptors (Lipinski definition) is 7. The van der Waals surface area contributed by atoms with Crippen LogP contribution in [0.25, 0.3) is 11.2 Å². The third kappa shape index (κ3) is 4.88. The van der Waals surface area contributed by atoms with E-state index in [1.165, 1.54) is 6.33 Å². The van der Waals surface area contributed by atoms with Crippen molar-refractivity contribution in [3.63, 3.8) is 0 Å². The first-order valence-electron chi connectivity index (χ1n) is 8.40. The molecular formula is C18H18BrN5O3. The van der Waals surface area contributed by atoms with Crippen molar-refractivity contribution in [3.05, 3.63) is 47.0 Å². The number of imidazole rings is 1. The molecule has 3 rings (SSSR count). The third-order valence-electron chi connectivity index (χ3n) is 3.96. The Balaban J connectivity index is 1.40. The lowest BCUT2D eigenvalue weighted by Crippen LogP contribution is -2.10. The number of halogens is 1. The van der Waals surface area contributed by atoms with Crippen molar-refractivity contribution in [2.24, 2.45) is 0 Å². The first-order valence-corrected chi connectivity index (χ1v) is 9.19. The predicted molar refractivity (Wildman–Crippen MR) is 103 cm³/mol. The third-order valence-corrected chi connectivity index (χ3v) is 4.49. The van der Waals surface area contributed by atoms with Crippen LogP contribution in [0.5, 0.6) is 0 Å². The lowest BCUT2D eigenvalue weighted by molar-refractivity contribution is -0.143. The second-order valence-electron chi connectivity index (χ2n) is 5.87. The van der Waals surface area contributed by atoms with Gasteiger partial charge >= 0.3 is 5.97 Å². The van der Waals surface area contributed by atoms with Gasteiger partial charge in [-0.15, -0.1) is 0 Å². The largest absolute Gasteiger partial charge is 0.466 e. The zero-order valence-corrected chi connectivity index (χ0v) is 16.1. The number of fused-ring (bicyclic) bond motifs is 1. The van der Waals surface area contributed by atoms with Gasteiger partial charge in [0.15, 0.2) is 17.2 Å². The standard InChI is InChI=1S/C18H18BrN5O3/c19-13-4-2-12(3-5-13)14(25)6-7-15(26)27-9-1-8-24-11-23-16-17(20)21-10-22-18(16)24/h2-5,10-11H,1,6-9H2,(H2,20,21,22). The number of esters is 1. The highest BCUT2D eigenvalue weighted by atomic mass is 79.9. The van der Waals surface area contributed by atoms with Crippen LogP contribution in [0, 0.1) is 0 Å². The molecular weight excluding hydrogens is 414 g/mol. The van der Waals surface area contributed by atoms with Crippen LogP contribution in [0.2, 0.25) is 0 Å². The first-order chi connectivity index (χ1) is 13.0. The van der Waals surface area contributed by atoms with E-state index in [2.05, 4.69) is 30.9 Å². The van der Waals surface area contributed by atoms with E-state index >= 15 is 0 Å². The number of carbonyl (C=O) groups is 2. The molecule has 0 amide bonds. The average molecular weight is 432 g/mol. The Morgan fingerprint density at radius 2 is 1.89 bits per heavy atom. The van der Waals surface area contributed by atoms with Gasteiger partial charge in [-0.1, -0.05) is 28.1 Å². The summed E-state index contributed by atoms with van der Waals surface area (Å²) in [5.74, 6) is -0.134. The van der Waals surface area contributed by atoms with Crippen LogP contribution in [0.4, 0.5) is 5.82 Å². The van der Waals surface area contributed by atoms with Crippen molar-refractivity contribution in [2.75, 3.05) is 12.3 Å². The summed E-state index contributed by atoms with van der Waals surface area (Å²) in [4.78, 5) is 36.1. The summed E-state index contributed by atoms with van der Waals surface area (Å²) in [5, 5.41) is 0. The number of nitrogens with zero attached hydrogens (tertiary/aromatic N) is 4. The molecule has 2 N–H and O–H groups in total. The number of ketones is 1. The Labute approximate surface area is 163 Å². The quantitative estimate of drug-likeness (QED) is 0.331. The molecule has 1 aromatic carbocycles. The normalized spacial score (nSPS) is 10.9. The molecule has 0 aliphatic heterocycles. The summed E-state index contributed by atoms with van der Waals surface area (Å²) < 4.78 is 7.92. The highest BCUT2D eigenvalue weighted by molar-refractivity contribution is 9.10. The molecule has 2 aromatic heterocycles. The smallest absolute Gasteiger partial charge is 0.306 e. The number of carbonyl (C=O) groups excluding carboxylic acids is 2. The maximum absolute atomic E-state index is 12.0. The molecule has 0 fully saturated rings. The summed E-state index contributed by atoms with van der Waals surface area (Å²) in [6, 6.07) is 7.04. The fraction of sp³-hybridized carbons (Fsp3) is 0.278. The van der Waals surface area contributed by atoms with Crippen LogP contribution in [-0.4, -0.2) is 37.9 Å². The number of anilines is 1. The van der Waals surface area contributed by atoms with E-state index in [1.807, 2.05) is 4.57 Å². The van der Waals surface area contributed by atoms with Gasteiger partial charge in [0.2, 0.25) is 0 Å². The predicted octanol–water partition coefficient (Wildman–Crippen LogP) is 2.77. The van der Waals surface area contributed by atoms with Crippen LogP contribution >= 0.6 is 15.9 Å². The molecule has 0 bridgehead atoms. The van der Waals surface area contributed by atoms with Crippen molar-refractivity contribution in [3.8, 4) is 0 Å². The summed E-state index contributed by atoms with van der Waals surface area (Å²) in [7, 11) is 0.